The van der Waals surface area contributed by atoms with Crippen LogP contribution in [0.15, 0.2) is 72.8 Å². The Bertz CT molecular complexity index is 901. The molecular weight excluding hydrogens is 340 g/mol. The molecule has 0 aliphatic rings. The maximum atomic E-state index is 11.6. The van der Waals surface area contributed by atoms with Gasteiger partial charge in [-0.15, -0.1) is 0 Å². The molecule has 0 saturated heterocycles. The third-order valence-electron chi connectivity index (χ3n) is 4.36. The van der Waals surface area contributed by atoms with Crippen molar-refractivity contribution in [1.82, 2.24) is 0 Å². The molecule has 0 aromatic heterocycles. The predicted octanol–water partition coefficient (Wildman–Crippen LogP) is 5.17. The molecule has 27 heavy (non-hydrogen) atoms. The summed E-state index contributed by atoms with van der Waals surface area (Å²) in [5, 5.41) is 9.52. The van der Waals surface area contributed by atoms with Crippen LogP contribution in [0.5, 0.6) is 17.2 Å². The molecule has 1 atom stereocenters. The van der Waals surface area contributed by atoms with Crippen LogP contribution in [0.25, 0.3) is 0 Å². The third kappa shape index (κ3) is 5.11. The Hall–Kier alpha value is -3.27. The van der Waals surface area contributed by atoms with Crippen LogP contribution in [0.2, 0.25) is 0 Å². The number of benzene rings is 3. The van der Waals surface area contributed by atoms with E-state index in [1.54, 1.807) is 6.07 Å². The summed E-state index contributed by atoms with van der Waals surface area (Å²) in [6.45, 7) is 3.98. The van der Waals surface area contributed by atoms with Gasteiger partial charge < -0.3 is 14.6 Å². The first-order valence-corrected chi connectivity index (χ1v) is 8.80. The smallest absolute Gasteiger partial charge is 0.345 e. The van der Waals surface area contributed by atoms with Gasteiger partial charge in [-0.3, -0.25) is 0 Å². The summed E-state index contributed by atoms with van der Waals surface area (Å²) in [6, 6.07) is 22.5. The third-order valence-corrected chi connectivity index (χ3v) is 4.36. The molecule has 0 bridgehead atoms. The molecule has 3 rings (SSSR count). The van der Waals surface area contributed by atoms with Crippen molar-refractivity contribution >= 4 is 5.97 Å². The van der Waals surface area contributed by atoms with Crippen LogP contribution in [0.4, 0.5) is 0 Å². The van der Waals surface area contributed by atoms with Gasteiger partial charge in [-0.25, -0.2) is 4.79 Å². The molecule has 0 amide bonds. The highest BCUT2D eigenvalue weighted by Gasteiger charge is 2.20. The zero-order valence-electron chi connectivity index (χ0n) is 15.4. The van der Waals surface area contributed by atoms with Gasteiger partial charge in [0, 0.05) is 6.42 Å². The van der Waals surface area contributed by atoms with Crippen LogP contribution in [0.1, 0.15) is 16.7 Å². The van der Waals surface area contributed by atoms with Gasteiger partial charge in [0.05, 0.1) is 0 Å². The van der Waals surface area contributed by atoms with E-state index in [1.807, 2.05) is 80.6 Å². The Morgan fingerprint density at radius 1 is 0.852 bits per heavy atom. The fourth-order valence-electron chi connectivity index (χ4n) is 2.66. The van der Waals surface area contributed by atoms with E-state index in [0.717, 1.165) is 22.4 Å². The SMILES string of the molecule is Cc1ccc(OC(Cc2ccc(Oc3ccccc3)cc2)C(=O)O)cc1C. The lowest BCUT2D eigenvalue weighted by atomic mass is 10.1. The first-order chi connectivity index (χ1) is 13.0. The molecule has 0 radical (unpaired) electrons. The minimum Gasteiger partial charge on any atom is -0.478 e. The molecule has 0 aliphatic carbocycles. The highest BCUT2D eigenvalue weighted by Crippen LogP contribution is 2.23. The second-order valence-corrected chi connectivity index (χ2v) is 6.45. The molecule has 0 fully saturated rings. The van der Waals surface area contributed by atoms with Crippen molar-refractivity contribution in [3.8, 4) is 17.2 Å². The Morgan fingerprint density at radius 2 is 1.48 bits per heavy atom. The summed E-state index contributed by atoms with van der Waals surface area (Å²) in [4.78, 5) is 11.6. The topological polar surface area (TPSA) is 55.8 Å². The van der Waals surface area contributed by atoms with Crippen LogP contribution in [0, 0.1) is 13.8 Å². The largest absolute Gasteiger partial charge is 0.478 e. The predicted molar refractivity (Wildman–Crippen MR) is 105 cm³/mol. The van der Waals surface area contributed by atoms with Gasteiger partial charge in [0.15, 0.2) is 6.10 Å². The molecule has 138 valence electrons. The summed E-state index contributed by atoms with van der Waals surface area (Å²) >= 11 is 0. The lowest BCUT2D eigenvalue weighted by Gasteiger charge is -2.16. The number of carboxylic acid groups (broad SMARTS) is 1. The molecular formula is C23H22O4. The van der Waals surface area contributed by atoms with Crippen LogP contribution in [-0.4, -0.2) is 17.2 Å². The van der Waals surface area contributed by atoms with Crippen LogP contribution >= 0.6 is 0 Å². The van der Waals surface area contributed by atoms with E-state index in [2.05, 4.69) is 0 Å². The minimum atomic E-state index is -0.988. The van der Waals surface area contributed by atoms with E-state index in [-0.39, 0.29) is 6.42 Å². The highest BCUT2D eigenvalue weighted by molar-refractivity contribution is 5.73. The molecule has 0 aliphatic heterocycles. The number of rotatable bonds is 7. The van der Waals surface area contributed by atoms with E-state index >= 15 is 0 Å². The second-order valence-electron chi connectivity index (χ2n) is 6.45. The summed E-state index contributed by atoms with van der Waals surface area (Å²) < 4.78 is 11.5. The maximum absolute atomic E-state index is 11.6. The highest BCUT2D eigenvalue weighted by atomic mass is 16.5. The Balaban J connectivity index is 1.67. The van der Waals surface area contributed by atoms with E-state index in [4.69, 9.17) is 9.47 Å². The average Bonchev–Trinajstić information content (AvgIpc) is 2.66. The van der Waals surface area contributed by atoms with Gasteiger partial charge in [0.2, 0.25) is 0 Å². The molecule has 1 N–H and O–H groups in total. The number of hydrogen-bond acceptors (Lipinski definition) is 3. The number of aryl methyl sites for hydroxylation is 2. The van der Waals surface area contributed by atoms with Crippen molar-refractivity contribution in [3.63, 3.8) is 0 Å². The maximum Gasteiger partial charge on any atom is 0.345 e. The van der Waals surface area contributed by atoms with E-state index in [1.165, 1.54) is 0 Å². The molecule has 3 aromatic carbocycles. The van der Waals surface area contributed by atoms with Gasteiger partial charge in [-0.2, -0.15) is 0 Å². The number of para-hydroxylation sites is 1. The van der Waals surface area contributed by atoms with Crippen molar-refractivity contribution in [2.45, 2.75) is 26.4 Å². The van der Waals surface area contributed by atoms with Gasteiger partial charge >= 0.3 is 5.97 Å². The summed E-state index contributed by atoms with van der Waals surface area (Å²) in [7, 11) is 0. The zero-order valence-corrected chi connectivity index (χ0v) is 15.4. The molecule has 3 aromatic rings. The zero-order chi connectivity index (χ0) is 19.2. The molecule has 4 nitrogen and oxygen atoms in total. The van der Waals surface area contributed by atoms with Crippen LogP contribution in [-0.2, 0) is 11.2 Å². The number of ether oxygens (including phenoxy) is 2. The number of hydrogen-bond donors (Lipinski definition) is 1. The first kappa shape index (κ1) is 18.5. The first-order valence-electron chi connectivity index (χ1n) is 8.80. The van der Waals surface area contributed by atoms with Crippen molar-refractivity contribution in [1.29, 1.82) is 0 Å². The molecule has 0 heterocycles. The van der Waals surface area contributed by atoms with Gasteiger partial charge in [-0.05, 0) is 66.9 Å². The Morgan fingerprint density at radius 3 is 2.11 bits per heavy atom. The van der Waals surface area contributed by atoms with Crippen LogP contribution < -0.4 is 9.47 Å². The minimum absolute atomic E-state index is 0.272. The summed E-state index contributed by atoms with van der Waals surface area (Å²) in [5.74, 6) is 1.03. The van der Waals surface area contributed by atoms with Crippen molar-refractivity contribution in [3.05, 3.63) is 89.5 Å². The van der Waals surface area contributed by atoms with E-state index < -0.39 is 12.1 Å². The van der Waals surface area contributed by atoms with E-state index in [0.29, 0.717) is 11.5 Å². The second kappa shape index (κ2) is 8.41. The average molecular weight is 362 g/mol. The summed E-state index contributed by atoms with van der Waals surface area (Å²) in [5.41, 5.74) is 3.08. The lowest BCUT2D eigenvalue weighted by Crippen LogP contribution is -2.29. The number of carboxylic acids is 1. The van der Waals surface area contributed by atoms with Crippen molar-refractivity contribution in [2.24, 2.45) is 0 Å². The van der Waals surface area contributed by atoms with Gasteiger partial charge in [-0.1, -0.05) is 36.4 Å². The standard InChI is InChI=1S/C23H22O4/c1-16-8-11-21(14-17(16)2)27-22(23(24)25)15-18-9-12-20(13-10-18)26-19-6-4-3-5-7-19/h3-14,22H,15H2,1-2H3,(H,24,25). The van der Waals surface area contributed by atoms with Gasteiger partial charge in [0.25, 0.3) is 0 Å². The molecule has 0 spiro atoms. The van der Waals surface area contributed by atoms with Gasteiger partial charge in [0.1, 0.15) is 17.2 Å². The number of carbonyl (C=O) groups is 1. The quantitative estimate of drug-likeness (QED) is 0.630. The molecule has 4 heteroatoms. The van der Waals surface area contributed by atoms with E-state index in [9.17, 15) is 9.90 Å². The van der Waals surface area contributed by atoms with Crippen molar-refractivity contribution in [2.75, 3.05) is 0 Å². The number of aliphatic carboxylic acids is 1. The normalized spacial score (nSPS) is 11.6. The Kier molecular flexibility index (Phi) is 5.77. The molecule has 1 unspecified atom stereocenters. The fraction of sp³-hybridized carbons (Fsp3) is 0.174. The lowest BCUT2D eigenvalue weighted by molar-refractivity contribution is -0.145. The summed E-state index contributed by atoms with van der Waals surface area (Å²) in [6.07, 6.45) is -0.679. The van der Waals surface area contributed by atoms with Crippen molar-refractivity contribution < 1.29 is 19.4 Å². The Labute approximate surface area is 159 Å². The van der Waals surface area contributed by atoms with Crippen LogP contribution in [0.3, 0.4) is 0 Å². The monoisotopic (exact) mass is 362 g/mol. The fourth-order valence-corrected chi connectivity index (χ4v) is 2.66. The molecule has 0 saturated carbocycles.